The summed E-state index contributed by atoms with van der Waals surface area (Å²) in [5, 5.41) is 3.13. The highest BCUT2D eigenvalue weighted by Crippen LogP contribution is 2.43. The predicted octanol–water partition coefficient (Wildman–Crippen LogP) is 5.02. The van der Waals surface area contributed by atoms with Crippen molar-refractivity contribution >= 4 is 28.6 Å². The van der Waals surface area contributed by atoms with E-state index in [9.17, 15) is 9.18 Å². The van der Waals surface area contributed by atoms with E-state index in [0.29, 0.717) is 35.6 Å². The number of carbonyl (C=O) groups excluding carboxylic acids is 1. The lowest BCUT2D eigenvalue weighted by Crippen LogP contribution is -2.35. The molecule has 1 saturated carbocycles. The lowest BCUT2D eigenvalue weighted by atomic mass is 9.90. The van der Waals surface area contributed by atoms with Gasteiger partial charge in [-0.3, -0.25) is 5.32 Å². The normalized spacial score (nSPS) is 18.3. The molecule has 1 amide bonds. The first-order valence-corrected chi connectivity index (χ1v) is 11.8. The molecule has 0 atom stereocenters. The number of nitrogens with one attached hydrogen (secondary N) is 1. The van der Waals surface area contributed by atoms with Crippen LogP contribution in [-0.4, -0.2) is 45.2 Å². The molecule has 1 aliphatic carbocycles. The Balaban J connectivity index is 1.45. The van der Waals surface area contributed by atoms with Crippen LogP contribution >= 0.6 is 0 Å². The van der Waals surface area contributed by atoms with Crippen LogP contribution in [0.5, 0.6) is 0 Å². The molecule has 0 unspecified atom stereocenters. The third-order valence-electron chi connectivity index (χ3n) is 6.48. The number of anilines is 2. The summed E-state index contributed by atoms with van der Waals surface area (Å²) in [6.45, 7) is 6.50. The van der Waals surface area contributed by atoms with Crippen LogP contribution in [0.2, 0.25) is 0 Å². The lowest BCUT2D eigenvalue weighted by Gasteiger charge is -2.36. The summed E-state index contributed by atoms with van der Waals surface area (Å²) >= 11 is 0. The molecule has 0 radical (unpaired) electrons. The molecule has 2 aromatic heterocycles. The zero-order valence-corrected chi connectivity index (χ0v) is 20.1. The molecule has 2 fully saturated rings. The first-order chi connectivity index (χ1) is 16.6. The van der Waals surface area contributed by atoms with Gasteiger partial charge in [0.1, 0.15) is 29.2 Å². The summed E-state index contributed by atoms with van der Waals surface area (Å²) in [5.74, 6) is -0.717. The van der Waals surface area contributed by atoms with Gasteiger partial charge >= 0.3 is 6.09 Å². The van der Waals surface area contributed by atoms with Crippen molar-refractivity contribution in [1.82, 2.24) is 14.5 Å². The predicted molar refractivity (Wildman–Crippen MR) is 129 cm³/mol. The fraction of sp³-hybridized carbons (Fsp3) is 0.480. The average Bonchev–Trinajstić information content (AvgIpc) is 3.41. The zero-order chi connectivity index (χ0) is 24.8. The summed E-state index contributed by atoms with van der Waals surface area (Å²) in [7, 11) is 0. The topological polar surface area (TPSA) is 114 Å². The van der Waals surface area contributed by atoms with Crippen LogP contribution in [0.4, 0.5) is 20.7 Å². The van der Waals surface area contributed by atoms with Crippen LogP contribution in [0.15, 0.2) is 30.7 Å². The number of rotatable bonds is 3. The Bertz CT molecular complexity index is 1250. The highest BCUT2D eigenvalue weighted by Gasteiger charge is 2.41. The van der Waals surface area contributed by atoms with Gasteiger partial charge in [0.2, 0.25) is 0 Å². The van der Waals surface area contributed by atoms with Crippen molar-refractivity contribution in [2.75, 3.05) is 24.3 Å². The Morgan fingerprint density at radius 3 is 2.60 bits per heavy atom. The molecule has 3 N–H and O–H groups in total. The first kappa shape index (κ1) is 23.5. The van der Waals surface area contributed by atoms with Gasteiger partial charge in [0, 0.05) is 30.6 Å². The number of benzene rings is 1. The molecule has 1 aromatic carbocycles. The molecule has 5 rings (SSSR count). The van der Waals surface area contributed by atoms with Crippen molar-refractivity contribution in [3.05, 3.63) is 36.5 Å². The minimum Gasteiger partial charge on any atom is -0.444 e. The monoisotopic (exact) mass is 483 g/mol. The zero-order valence-electron chi connectivity index (χ0n) is 20.1. The van der Waals surface area contributed by atoms with E-state index in [-0.39, 0.29) is 11.7 Å². The minimum absolute atomic E-state index is 0.0325. The van der Waals surface area contributed by atoms with Gasteiger partial charge in [0.15, 0.2) is 5.79 Å². The van der Waals surface area contributed by atoms with Gasteiger partial charge in [-0.05, 0) is 51.3 Å². The maximum absolute atomic E-state index is 15.0. The Morgan fingerprint density at radius 1 is 1.23 bits per heavy atom. The molecule has 186 valence electrons. The van der Waals surface area contributed by atoms with Gasteiger partial charge in [0.25, 0.3) is 0 Å². The summed E-state index contributed by atoms with van der Waals surface area (Å²) in [4.78, 5) is 20.7. The third-order valence-corrected chi connectivity index (χ3v) is 6.48. The van der Waals surface area contributed by atoms with Crippen molar-refractivity contribution in [3.63, 3.8) is 0 Å². The van der Waals surface area contributed by atoms with E-state index in [1.165, 1.54) is 18.5 Å². The van der Waals surface area contributed by atoms with Gasteiger partial charge in [0.05, 0.1) is 24.3 Å². The summed E-state index contributed by atoms with van der Waals surface area (Å²) in [5.41, 5.74) is 7.65. The minimum atomic E-state index is -0.719. The van der Waals surface area contributed by atoms with E-state index < -0.39 is 23.3 Å². The van der Waals surface area contributed by atoms with Crippen LogP contribution in [0.3, 0.4) is 0 Å². The molecular formula is C25H30FN5O4. The molecule has 3 heterocycles. The Labute approximate surface area is 202 Å². The number of nitrogens with zero attached hydrogens (tertiary/aromatic N) is 3. The van der Waals surface area contributed by atoms with E-state index in [2.05, 4.69) is 19.9 Å². The number of ether oxygens (including phenoxy) is 3. The number of nitrogen functional groups attached to an aromatic ring is 1. The van der Waals surface area contributed by atoms with Gasteiger partial charge in [-0.25, -0.2) is 19.2 Å². The fourth-order valence-electron chi connectivity index (χ4n) is 4.91. The third kappa shape index (κ3) is 4.68. The molecule has 2 aliphatic rings. The smallest absolute Gasteiger partial charge is 0.412 e. The molecule has 1 aliphatic heterocycles. The van der Waals surface area contributed by atoms with Gasteiger partial charge < -0.3 is 24.5 Å². The Hall–Kier alpha value is -3.24. The first-order valence-electron chi connectivity index (χ1n) is 11.8. The van der Waals surface area contributed by atoms with Crippen molar-refractivity contribution in [2.24, 2.45) is 0 Å². The molecular weight excluding hydrogens is 453 g/mol. The standard InChI is InChI=1S/C25H30FN5O4/c1-24(2,3)35-23(32)30-19-5-4-15(12-18(19)26)17-13-31(22-20(17)21(27)28-14-29-22)16-6-8-25(9-7-16)33-10-11-34-25/h4-5,12-14,16H,6-11H2,1-3H3,(H,30,32)(H2,27,28,29). The highest BCUT2D eigenvalue weighted by atomic mass is 19.1. The van der Waals surface area contributed by atoms with Crippen LogP contribution in [0.25, 0.3) is 22.2 Å². The molecule has 3 aromatic rings. The van der Waals surface area contributed by atoms with Crippen LogP contribution in [0, 0.1) is 5.82 Å². The summed E-state index contributed by atoms with van der Waals surface area (Å²) in [6, 6.07) is 4.79. The maximum Gasteiger partial charge on any atom is 0.412 e. The number of carbonyl (C=O) groups is 1. The van der Waals surface area contributed by atoms with Crippen molar-refractivity contribution in [1.29, 1.82) is 0 Å². The second-order valence-corrected chi connectivity index (χ2v) is 10.1. The summed E-state index contributed by atoms with van der Waals surface area (Å²) in [6.07, 6.45) is 6.01. The lowest BCUT2D eigenvalue weighted by molar-refractivity contribution is -0.181. The molecule has 1 spiro atoms. The Kier molecular flexibility index (Phi) is 5.88. The molecule has 10 heteroatoms. The molecule has 9 nitrogen and oxygen atoms in total. The number of aromatic nitrogens is 3. The molecule has 0 bridgehead atoms. The van der Waals surface area contributed by atoms with Crippen LogP contribution < -0.4 is 11.1 Å². The highest BCUT2D eigenvalue weighted by molar-refractivity contribution is 6.01. The largest absolute Gasteiger partial charge is 0.444 e. The van der Waals surface area contributed by atoms with Crippen LogP contribution in [0.1, 0.15) is 52.5 Å². The molecule has 1 saturated heterocycles. The van der Waals surface area contributed by atoms with Gasteiger partial charge in [-0.15, -0.1) is 0 Å². The fourth-order valence-corrected chi connectivity index (χ4v) is 4.91. The molecule has 35 heavy (non-hydrogen) atoms. The van der Waals surface area contributed by atoms with E-state index >= 15 is 0 Å². The van der Waals surface area contributed by atoms with E-state index in [4.69, 9.17) is 19.9 Å². The van der Waals surface area contributed by atoms with E-state index in [1.54, 1.807) is 26.8 Å². The number of nitrogens with two attached hydrogens (primary N) is 1. The average molecular weight is 484 g/mol. The number of fused-ring (bicyclic) bond motifs is 1. The van der Waals surface area contributed by atoms with Crippen molar-refractivity contribution < 1.29 is 23.4 Å². The number of hydrogen-bond acceptors (Lipinski definition) is 7. The maximum atomic E-state index is 15.0. The quantitative estimate of drug-likeness (QED) is 0.537. The Morgan fingerprint density at radius 2 is 1.94 bits per heavy atom. The van der Waals surface area contributed by atoms with Crippen molar-refractivity contribution in [2.45, 2.75) is 63.9 Å². The number of halogens is 1. The summed E-state index contributed by atoms with van der Waals surface area (Å²) < 4.78 is 34.1. The SMILES string of the molecule is CC(C)(C)OC(=O)Nc1ccc(-c2cn(C3CCC4(CC3)OCCO4)c3ncnc(N)c23)cc1F. The van der Waals surface area contributed by atoms with Gasteiger partial charge in [-0.1, -0.05) is 6.07 Å². The van der Waals surface area contributed by atoms with E-state index in [0.717, 1.165) is 31.2 Å². The van der Waals surface area contributed by atoms with Gasteiger partial charge in [-0.2, -0.15) is 0 Å². The second kappa shape index (κ2) is 8.76. The van der Waals surface area contributed by atoms with Crippen LogP contribution in [-0.2, 0) is 14.2 Å². The van der Waals surface area contributed by atoms with E-state index in [1.807, 2.05) is 6.20 Å². The number of amides is 1. The number of hydrogen-bond donors (Lipinski definition) is 2. The second-order valence-electron chi connectivity index (χ2n) is 10.1. The van der Waals surface area contributed by atoms with Crippen molar-refractivity contribution in [3.8, 4) is 11.1 Å².